The molecule has 678 valence electrons. The molecular weight excluding hydrogens is 1700 g/mol. The van der Waals surface area contributed by atoms with E-state index in [0.717, 1.165) is 0 Å². The largest absolute Gasteiger partial charge is 0.481 e. The molecule has 2 aliphatic heterocycles. The number of aromatic amines is 2. The predicted molar refractivity (Wildman–Crippen MR) is 462 cm³/mol. The highest BCUT2D eigenvalue weighted by atomic mass is 33.1. The first-order valence-electron chi connectivity index (χ1n) is 40.0. The van der Waals surface area contributed by atoms with Crippen LogP contribution in [-0.2, 0) is 99.1 Å². The molecule has 16 amide bonds. The number of nitrogens with one attached hydrogen (secondary N) is 18. The number of carboxylic acid groups (broad SMARTS) is 2. The van der Waals surface area contributed by atoms with Crippen molar-refractivity contribution >= 4 is 187 Å². The van der Waals surface area contributed by atoms with Gasteiger partial charge >= 0.3 is 11.9 Å². The van der Waals surface area contributed by atoms with E-state index in [1.54, 1.807) is 60.9 Å². The van der Waals surface area contributed by atoms with Gasteiger partial charge in [0.25, 0.3) is 0 Å². The second-order valence-electron chi connectivity index (χ2n) is 29.0. The third-order valence-corrected chi connectivity index (χ3v) is 22.9. The van der Waals surface area contributed by atoms with Crippen molar-refractivity contribution in [3.8, 4) is 0 Å². The number of H-pyrrole nitrogens is 2. The van der Waals surface area contributed by atoms with E-state index >= 15 is 0 Å². The van der Waals surface area contributed by atoms with Crippen LogP contribution >= 0.6 is 46.8 Å². The second-order valence-corrected chi connectivity index (χ2v) is 32.5. The van der Waals surface area contributed by atoms with Gasteiger partial charge in [-0.1, -0.05) is 58.0 Å². The number of benzene rings is 2. The zero-order valence-corrected chi connectivity index (χ0v) is 71.3. The molecule has 48 heteroatoms. The Morgan fingerprint density at radius 3 is 1.15 bits per heavy atom. The van der Waals surface area contributed by atoms with Crippen molar-refractivity contribution in [2.75, 3.05) is 75.4 Å². The normalized spacial score (nSPS) is 15.4. The Balaban J connectivity index is 0.931. The van der Waals surface area contributed by atoms with Gasteiger partial charge in [-0.2, -0.15) is 25.3 Å². The third-order valence-electron chi connectivity index (χ3n) is 19.7. The van der Waals surface area contributed by atoms with E-state index in [0.29, 0.717) is 58.6 Å². The molecule has 4 aromatic rings. The number of aliphatic carboxylic acids is 2. The molecule has 6 rings (SSSR count). The van der Waals surface area contributed by atoms with Gasteiger partial charge in [-0.05, 0) is 87.5 Å². The van der Waals surface area contributed by atoms with Crippen molar-refractivity contribution in [2.45, 2.75) is 176 Å². The number of hydrogen-bond donors (Lipinski definition) is 26. The molecule has 44 nitrogen and oxygen atoms in total. The molecule has 28 N–H and O–H groups in total. The predicted octanol–water partition coefficient (Wildman–Crippen LogP) is -5.21. The first kappa shape index (κ1) is 101. The van der Waals surface area contributed by atoms with Crippen LogP contribution in [0.2, 0.25) is 0 Å². The minimum Gasteiger partial charge on any atom is -0.481 e. The molecular formula is C76H110N24O20S4. The number of rotatable bonds is 55. The minimum atomic E-state index is -1.82. The summed E-state index contributed by atoms with van der Waals surface area (Å²) >= 11 is 8.16. The van der Waals surface area contributed by atoms with Crippen molar-refractivity contribution < 1.29 is 96.5 Å². The van der Waals surface area contributed by atoms with Crippen molar-refractivity contribution in [2.24, 2.45) is 22.9 Å². The molecule has 124 heavy (non-hydrogen) atoms. The van der Waals surface area contributed by atoms with Gasteiger partial charge in [0, 0.05) is 135 Å². The summed E-state index contributed by atoms with van der Waals surface area (Å²) in [6, 6.07) is 0.634. The molecule has 2 aromatic heterocycles. The average Bonchev–Trinajstić information content (AvgIpc) is 1.63. The number of nitrogens with two attached hydrogens (primary N) is 4. The number of primary amides is 2. The maximum atomic E-state index is 14.5. The van der Waals surface area contributed by atoms with Gasteiger partial charge in [0.1, 0.15) is 60.4 Å². The lowest BCUT2D eigenvalue weighted by molar-refractivity contribution is -0.143. The summed E-state index contributed by atoms with van der Waals surface area (Å²) in [4.78, 5) is 248. The van der Waals surface area contributed by atoms with Gasteiger partial charge < -0.3 is 127 Å². The lowest BCUT2D eigenvalue weighted by atomic mass is 10.0. The van der Waals surface area contributed by atoms with E-state index in [2.05, 4.69) is 110 Å². The molecule has 0 bridgehead atoms. The van der Waals surface area contributed by atoms with Gasteiger partial charge in [0.2, 0.25) is 94.5 Å². The van der Waals surface area contributed by atoms with Gasteiger partial charge in [-0.25, -0.2) is 0 Å². The fourth-order valence-electron chi connectivity index (χ4n) is 13.4. The van der Waals surface area contributed by atoms with Crippen LogP contribution in [0.5, 0.6) is 0 Å². The monoisotopic (exact) mass is 1810 g/mol. The third kappa shape index (κ3) is 34.3. The van der Waals surface area contributed by atoms with E-state index in [1.165, 1.54) is 31.4 Å². The lowest BCUT2D eigenvalue weighted by Crippen LogP contribution is -2.59. The van der Waals surface area contributed by atoms with Crippen LogP contribution in [-0.4, -0.2) is 284 Å². The van der Waals surface area contributed by atoms with E-state index in [9.17, 15) is 96.5 Å². The van der Waals surface area contributed by atoms with Crippen LogP contribution < -0.4 is 97.4 Å². The highest BCUT2D eigenvalue weighted by Crippen LogP contribution is 2.27. The van der Waals surface area contributed by atoms with Crippen LogP contribution in [0, 0.1) is 10.8 Å². The second kappa shape index (κ2) is 52.4. The summed E-state index contributed by atoms with van der Waals surface area (Å²) in [5.74, 6) is -16.1. The van der Waals surface area contributed by atoms with Gasteiger partial charge in [0.05, 0.1) is 25.9 Å². The first-order valence-corrected chi connectivity index (χ1v) is 43.7. The zero-order chi connectivity index (χ0) is 91.0. The lowest BCUT2D eigenvalue weighted by Gasteiger charge is -2.30. The fourth-order valence-corrected chi connectivity index (χ4v) is 16.0. The number of para-hydroxylation sites is 2. The quantitative estimate of drug-likeness (QED) is 0.00646. The number of fused-ring (bicyclic) bond motifs is 2. The Morgan fingerprint density at radius 1 is 0.427 bits per heavy atom. The number of nitrogens with zero attached hydrogens (tertiary/aromatic N) is 2. The summed E-state index contributed by atoms with van der Waals surface area (Å²) in [5, 5.41) is 71.2. The summed E-state index contributed by atoms with van der Waals surface area (Å²) in [7, 11) is 2.55. The molecule has 0 saturated carbocycles. The standard InChI is InChI=1S/C76H110N24O20S4/c77-65(111)53(39-121)97-71(117)55-17-9-27-99(55)73(119)51(31-41-35-87-45-13-3-1-11-43(41)45)95-69(115)49(33-63(107)108)93-61(105)37-89-67(113)47(15-5-7-23-85-75(79)80)91-59(103)19-25-83-57(101)21-29-123-124-30-22-58(102)84-26-20-60(104)92-48(16-6-8-24-86-76(81)82)68(114)90-38-62(106)94-50(34-64(109)110)70(116)96-52(32-42-36-88-46-14-4-2-12-44(42)46)74(120)100-28-10-18-56(100)72(118)98-54(40-122)66(78)112/h1-4,11-14,35-36,47-56,87-88,121-122H,5-10,15-34,37-40H2,(H2,77,111)(H2,78,112)(H,83,101)(H,84,102)(H,89,113)(H,90,114)(H,91,103)(H,92,104)(H,93,105)(H,94,106)(H,95,115)(H,96,116)(H,97,117)(H,98,118)(H,107,108)(H,109,110)(H4,79,80,85)(H4,81,82,86)/t47-,48-,49-,50-,51-,52-,53-,54-,55-,56-/m0/s1. The highest BCUT2D eigenvalue weighted by Gasteiger charge is 2.43. The Bertz CT molecular complexity index is 4210. The molecule has 2 aliphatic rings. The molecule has 2 fully saturated rings. The topological polar surface area (TPSA) is 706 Å². The number of carbonyl (C=O) groups excluding carboxylic acids is 16. The van der Waals surface area contributed by atoms with Gasteiger partial charge in [-0.15, -0.1) is 0 Å². The summed E-state index contributed by atoms with van der Waals surface area (Å²) in [6.45, 7) is -1.35. The van der Waals surface area contributed by atoms with Crippen molar-refractivity contribution in [1.82, 2.24) is 94.2 Å². The van der Waals surface area contributed by atoms with Crippen molar-refractivity contribution in [3.63, 3.8) is 0 Å². The molecule has 0 radical (unpaired) electrons. The van der Waals surface area contributed by atoms with E-state index in [-0.39, 0.29) is 151 Å². The number of unbranched alkanes of at least 4 members (excludes halogenated alkanes) is 2. The Hall–Kier alpha value is -12.1. The summed E-state index contributed by atoms with van der Waals surface area (Å²) in [6.07, 6.45) is 2.80. The minimum absolute atomic E-state index is 0.00254. The number of amides is 16. The van der Waals surface area contributed by atoms with Crippen LogP contribution in [0.4, 0.5) is 0 Å². The molecule has 2 aromatic carbocycles. The number of carboxylic acids is 2. The van der Waals surface area contributed by atoms with E-state index in [4.69, 9.17) is 33.8 Å². The van der Waals surface area contributed by atoms with Gasteiger partial charge in [-0.3, -0.25) is 97.1 Å². The average molecular weight is 1810 g/mol. The maximum Gasteiger partial charge on any atom is 0.305 e. The van der Waals surface area contributed by atoms with Crippen LogP contribution in [0.25, 0.3) is 21.8 Å². The number of aromatic nitrogens is 2. The van der Waals surface area contributed by atoms with Crippen molar-refractivity contribution in [1.29, 1.82) is 10.8 Å². The Kier molecular flexibility index (Phi) is 42.6. The molecule has 2 saturated heterocycles. The zero-order valence-electron chi connectivity index (χ0n) is 67.9. The summed E-state index contributed by atoms with van der Waals surface area (Å²) in [5.41, 5.74) is 24.2. The number of carbonyl (C=O) groups is 18. The fraction of sp³-hybridized carbons (Fsp3) is 0.526. The smallest absolute Gasteiger partial charge is 0.305 e. The molecule has 0 aliphatic carbocycles. The number of thiol groups is 2. The SMILES string of the molecule is N=C(N)NCCCC[C@H](NC(=O)CCNC(=O)CCSSCCC(=O)NCCC(=O)N[C@@H](CCCCNC(=N)N)C(=O)NCC(=O)N[C@@H](CC(=O)O)C(=O)N[C@@H](Cc1c[nH]c2ccccc12)C(=O)N1CCC[C@H]1C(=O)N[C@@H](CS)C(N)=O)C(=O)NCC(=O)N[C@@H](CC(=O)O)C(=O)N[C@@H](Cc1c[nH]c2ccccc12)C(=O)N1CCC[C@H]1C(=O)N[C@@H](CS)C(N)=O. The van der Waals surface area contributed by atoms with Crippen molar-refractivity contribution in [3.05, 3.63) is 72.1 Å². The van der Waals surface area contributed by atoms with Crippen LogP contribution in [0.3, 0.4) is 0 Å². The maximum absolute atomic E-state index is 14.5. The molecule has 10 atom stereocenters. The molecule has 0 spiro atoms. The van der Waals surface area contributed by atoms with E-state index < -0.39 is 193 Å². The summed E-state index contributed by atoms with van der Waals surface area (Å²) < 4.78 is 0. The van der Waals surface area contributed by atoms with Crippen LogP contribution in [0.15, 0.2) is 60.9 Å². The van der Waals surface area contributed by atoms with E-state index in [1.807, 2.05) is 0 Å². The number of hydrogen-bond acceptors (Lipinski definition) is 24. The molecule has 4 heterocycles. The van der Waals surface area contributed by atoms with Crippen LogP contribution in [0.1, 0.15) is 114 Å². The first-order chi connectivity index (χ1) is 59.2. The Morgan fingerprint density at radius 2 is 0.798 bits per heavy atom. The highest BCUT2D eigenvalue weighted by molar-refractivity contribution is 8.76. The Labute approximate surface area is 731 Å². The number of guanidine groups is 2. The van der Waals surface area contributed by atoms with Gasteiger partial charge in [0.15, 0.2) is 11.9 Å². The number of likely N-dealkylation sites (tertiary alicyclic amines) is 2. The molecule has 0 unspecified atom stereocenters.